The smallest absolute Gasteiger partial charge is 0.224 e. The van der Waals surface area contributed by atoms with Crippen molar-refractivity contribution in [3.8, 4) is 33.6 Å². The second-order valence-electron chi connectivity index (χ2n) is 9.76. The number of amides is 1. The Labute approximate surface area is 218 Å². The quantitative estimate of drug-likeness (QED) is 0.228. The molecule has 0 aliphatic rings. The van der Waals surface area contributed by atoms with Crippen LogP contribution in [0.1, 0.15) is 20.3 Å². The fraction of sp³-hybridized carbons (Fsp3) is 0.133. The van der Waals surface area contributed by atoms with Crippen LogP contribution in [0.25, 0.3) is 55.6 Å². The maximum absolute atomic E-state index is 13.9. The van der Waals surface area contributed by atoms with Gasteiger partial charge in [-0.3, -0.25) is 14.9 Å². The van der Waals surface area contributed by atoms with Crippen molar-refractivity contribution in [3.63, 3.8) is 0 Å². The summed E-state index contributed by atoms with van der Waals surface area (Å²) in [4.78, 5) is 24.4. The number of hydrogen-bond donors (Lipinski definition) is 3. The summed E-state index contributed by atoms with van der Waals surface area (Å²) in [6.07, 6.45) is 5.59. The van der Waals surface area contributed by atoms with E-state index in [2.05, 4.69) is 36.5 Å². The summed E-state index contributed by atoms with van der Waals surface area (Å²) in [7, 11) is 0. The highest BCUT2D eigenvalue weighted by Gasteiger charge is 2.15. The van der Waals surface area contributed by atoms with Crippen LogP contribution in [0.5, 0.6) is 0 Å². The van der Waals surface area contributed by atoms with Crippen molar-refractivity contribution >= 4 is 33.5 Å². The van der Waals surface area contributed by atoms with Crippen molar-refractivity contribution in [2.75, 3.05) is 5.32 Å². The fourth-order valence-electron chi connectivity index (χ4n) is 4.71. The number of pyridine rings is 2. The first-order valence-corrected chi connectivity index (χ1v) is 12.4. The molecule has 6 rings (SSSR count). The van der Waals surface area contributed by atoms with Gasteiger partial charge in [-0.25, -0.2) is 9.37 Å². The second kappa shape index (κ2) is 9.55. The van der Waals surface area contributed by atoms with E-state index in [9.17, 15) is 9.18 Å². The summed E-state index contributed by atoms with van der Waals surface area (Å²) in [5, 5.41) is 12.4. The number of nitrogens with zero attached hydrogens (tertiary/aromatic N) is 3. The summed E-state index contributed by atoms with van der Waals surface area (Å²) >= 11 is 0. The molecular formula is C30H25FN6O. The number of H-pyrrole nitrogens is 2. The topological polar surface area (TPSA) is 99.3 Å². The van der Waals surface area contributed by atoms with Crippen LogP contribution in [-0.4, -0.2) is 31.1 Å². The molecule has 0 bridgehead atoms. The molecule has 8 heteroatoms. The molecule has 3 N–H and O–H groups in total. The maximum Gasteiger partial charge on any atom is 0.224 e. The number of carbonyl (C=O) groups excluding carboxylic acids is 1. The minimum absolute atomic E-state index is 0.0310. The SMILES string of the molecule is CC(C)CC(=O)Nc1cncc(-c2ccc3[nH]nc(-c4cc5c(-c6cccc(F)c6)ccnc5[nH]4)c3c2)c1. The van der Waals surface area contributed by atoms with Crippen LogP contribution in [0, 0.1) is 11.7 Å². The lowest BCUT2D eigenvalue weighted by Gasteiger charge is -2.09. The van der Waals surface area contributed by atoms with E-state index in [0.717, 1.165) is 49.9 Å². The first kappa shape index (κ1) is 23.5. The number of fused-ring (bicyclic) bond motifs is 2. The molecule has 38 heavy (non-hydrogen) atoms. The zero-order valence-corrected chi connectivity index (χ0v) is 20.9. The zero-order chi connectivity index (χ0) is 26.2. The predicted octanol–water partition coefficient (Wildman–Crippen LogP) is 6.96. The molecule has 0 atom stereocenters. The van der Waals surface area contributed by atoms with Crippen LogP contribution < -0.4 is 5.32 Å². The van der Waals surface area contributed by atoms with E-state index < -0.39 is 0 Å². The van der Waals surface area contributed by atoms with E-state index in [1.165, 1.54) is 12.1 Å². The van der Waals surface area contributed by atoms with E-state index in [1.54, 1.807) is 24.7 Å². The number of aromatic nitrogens is 5. The third kappa shape index (κ3) is 4.52. The Morgan fingerprint density at radius 1 is 0.974 bits per heavy atom. The number of halogens is 1. The molecule has 7 nitrogen and oxygen atoms in total. The van der Waals surface area contributed by atoms with Crippen molar-refractivity contribution in [1.29, 1.82) is 0 Å². The first-order valence-electron chi connectivity index (χ1n) is 12.4. The highest BCUT2D eigenvalue weighted by Crippen LogP contribution is 2.35. The molecule has 0 fully saturated rings. The Morgan fingerprint density at radius 3 is 2.71 bits per heavy atom. The lowest BCUT2D eigenvalue weighted by molar-refractivity contribution is -0.116. The van der Waals surface area contributed by atoms with Crippen LogP contribution in [0.3, 0.4) is 0 Å². The highest BCUT2D eigenvalue weighted by atomic mass is 19.1. The molecule has 188 valence electrons. The Bertz CT molecular complexity index is 1800. The Morgan fingerprint density at radius 2 is 1.87 bits per heavy atom. The van der Waals surface area contributed by atoms with Gasteiger partial charge in [0.2, 0.25) is 5.91 Å². The number of nitrogens with one attached hydrogen (secondary N) is 3. The molecule has 0 aliphatic heterocycles. The summed E-state index contributed by atoms with van der Waals surface area (Å²) < 4.78 is 13.9. The van der Waals surface area contributed by atoms with Crippen LogP contribution in [-0.2, 0) is 4.79 Å². The third-order valence-electron chi connectivity index (χ3n) is 6.43. The molecule has 0 unspecified atom stereocenters. The average molecular weight is 505 g/mol. The summed E-state index contributed by atoms with van der Waals surface area (Å²) in [5.41, 5.74) is 7.29. The van der Waals surface area contributed by atoms with E-state index >= 15 is 0 Å². The van der Waals surface area contributed by atoms with Crippen LogP contribution in [0.15, 0.2) is 79.3 Å². The lowest BCUT2D eigenvalue weighted by atomic mass is 10.0. The number of hydrogen-bond acceptors (Lipinski definition) is 4. The first-order chi connectivity index (χ1) is 18.4. The van der Waals surface area contributed by atoms with Gasteiger partial charge in [0.05, 0.1) is 23.1 Å². The van der Waals surface area contributed by atoms with Gasteiger partial charge in [-0.05, 0) is 65.1 Å². The van der Waals surface area contributed by atoms with Gasteiger partial charge in [0.15, 0.2) is 0 Å². The maximum atomic E-state index is 13.9. The van der Waals surface area contributed by atoms with Crippen LogP contribution in [0.2, 0.25) is 0 Å². The third-order valence-corrected chi connectivity index (χ3v) is 6.43. The van der Waals surface area contributed by atoms with Gasteiger partial charge in [0.25, 0.3) is 0 Å². The van der Waals surface area contributed by atoms with E-state index in [1.807, 2.05) is 50.2 Å². The number of aromatic amines is 2. The largest absolute Gasteiger partial charge is 0.338 e. The molecule has 0 saturated carbocycles. The summed E-state index contributed by atoms with van der Waals surface area (Å²) in [6, 6.07) is 18.4. The average Bonchev–Trinajstić information content (AvgIpc) is 3.52. The Kier molecular flexibility index (Phi) is 5.92. The Hall–Kier alpha value is -4.85. The van der Waals surface area contributed by atoms with E-state index in [0.29, 0.717) is 17.8 Å². The molecule has 4 heterocycles. The van der Waals surface area contributed by atoms with Crippen molar-refractivity contribution < 1.29 is 9.18 Å². The van der Waals surface area contributed by atoms with E-state index in [-0.39, 0.29) is 17.6 Å². The van der Waals surface area contributed by atoms with Gasteiger partial charge < -0.3 is 10.3 Å². The molecule has 0 aliphatic carbocycles. The summed E-state index contributed by atoms with van der Waals surface area (Å²) in [6.45, 7) is 4.02. The monoisotopic (exact) mass is 504 g/mol. The molecular weight excluding hydrogens is 479 g/mol. The predicted molar refractivity (Wildman–Crippen MR) is 148 cm³/mol. The van der Waals surface area contributed by atoms with E-state index in [4.69, 9.17) is 0 Å². The summed E-state index contributed by atoms with van der Waals surface area (Å²) in [5.74, 6) is -0.0403. The lowest BCUT2D eigenvalue weighted by Crippen LogP contribution is -2.13. The molecule has 1 amide bonds. The van der Waals surface area contributed by atoms with Crippen molar-refractivity contribution in [2.24, 2.45) is 5.92 Å². The molecule has 0 spiro atoms. The highest BCUT2D eigenvalue weighted by molar-refractivity contribution is 6.01. The minimum Gasteiger partial charge on any atom is -0.338 e. The zero-order valence-electron chi connectivity index (χ0n) is 20.9. The van der Waals surface area contributed by atoms with Gasteiger partial charge >= 0.3 is 0 Å². The van der Waals surface area contributed by atoms with Gasteiger partial charge in [-0.1, -0.05) is 32.0 Å². The normalized spacial score (nSPS) is 11.5. The van der Waals surface area contributed by atoms with Crippen LogP contribution >= 0.6 is 0 Å². The van der Waals surface area contributed by atoms with Gasteiger partial charge in [-0.2, -0.15) is 5.10 Å². The van der Waals surface area contributed by atoms with Crippen molar-refractivity contribution in [1.82, 2.24) is 25.1 Å². The molecule has 0 saturated heterocycles. The number of benzene rings is 2. The number of rotatable bonds is 6. The molecule has 0 radical (unpaired) electrons. The fourth-order valence-corrected chi connectivity index (χ4v) is 4.71. The standard InChI is InChI=1S/C30H25FN6O/c1-17(2)10-28(38)34-22-12-20(15-32-16-22)18-6-7-26-25(13-18)29(37-36-26)27-14-24-23(8-9-33-30(24)35-27)19-4-3-5-21(31)11-19/h3-9,11-17H,10H2,1-2H3,(H,33,35)(H,34,38)(H,36,37). The second-order valence-corrected chi connectivity index (χ2v) is 9.76. The van der Waals surface area contributed by atoms with Gasteiger partial charge in [0.1, 0.15) is 17.2 Å². The molecule has 4 aromatic heterocycles. The minimum atomic E-state index is -0.285. The van der Waals surface area contributed by atoms with Crippen molar-refractivity contribution in [3.05, 3.63) is 85.1 Å². The Balaban J connectivity index is 1.38. The number of anilines is 1. The van der Waals surface area contributed by atoms with Crippen molar-refractivity contribution in [2.45, 2.75) is 20.3 Å². The van der Waals surface area contributed by atoms with Gasteiger partial charge in [-0.15, -0.1) is 0 Å². The number of carbonyl (C=O) groups is 1. The molecule has 6 aromatic rings. The molecule has 2 aromatic carbocycles. The van der Waals surface area contributed by atoms with Gasteiger partial charge in [0, 0.05) is 35.2 Å². The van der Waals surface area contributed by atoms with Crippen LogP contribution in [0.4, 0.5) is 10.1 Å².